The van der Waals surface area contributed by atoms with Crippen molar-refractivity contribution < 1.29 is 9.90 Å². The molecule has 1 unspecified atom stereocenters. The minimum atomic E-state index is -0.843. The highest BCUT2D eigenvalue weighted by molar-refractivity contribution is 5.75. The van der Waals surface area contributed by atoms with Gasteiger partial charge in [-0.1, -0.05) is 18.2 Å². The Morgan fingerprint density at radius 1 is 1.12 bits per heavy atom. The van der Waals surface area contributed by atoms with E-state index in [9.17, 15) is 9.90 Å². The van der Waals surface area contributed by atoms with Gasteiger partial charge >= 0.3 is 6.03 Å². The maximum atomic E-state index is 12.6. The average Bonchev–Trinajstić information content (AvgIpc) is 3.06. The number of para-hydroxylation sites is 1. The Kier molecular flexibility index (Phi) is 4.99. The molecule has 2 amide bonds. The summed E-state index contributed by atoms with van der Waals surface area (Å²) >= 11 is 0. The number of carbonyl (C=O) groups excluding carboxylic acids is 1. The summed E-state index contributed by atoms with van der Waals surface area (Å²) in [5.74, 6) is 0. The summed E-state index contributed by atoms with van der Waals surface area (Å²) in [5, 5.41) is 13.5. The molecule has 2 fully saturated rings. The monoisotopic (exact) mass is 331 g/mol. The molecule has 3 rings (SSSR count). The SMILES string of the molecule is CC(C)(O)C1CCCN1C(=O)NC1CCN(c2ccccc2)CC1. The number of anilines is 1. The van der Waals surface area contributed by atoms with Gasteiger partial charge in [-0.25, -0.2) is 4.79 Å². The zero-order valence-electron chi connectivity index (χ0n) is 14.7. The van der Waals surface area contributed by atoms with E-state index < -0.39 is 5.60 Å². The molecule has 1 aromatic carbocycles. The smallest absolute Gasteiger partial charge is 0.317 e. The summed E-state index contributed by atoms with van der Waals surface area (Å²) in [5.41, 5.74) is 0.411. The lowest BCUT2D eigenvalue weighted by Gasteiger charge is -2.37. The van der Waals surface area contributed by atoms with E-state index in [1.165, 1.54) is 5.69 Å². The van der Waals surface area contributed by atoms with Crippen LogP contribution < -0.4 is 10.2 Å². The van der Waals surface area contributed by atoms with Crippen LogP contribution in [0.2, 0.25) is 0 Å². The van der Waals surface area contributed by atoms with Crippen molar-refractivity contribution in [2.45, 2.75) is 57.2 Å². The first-order valence-electron chi connectivity index (χ1n) is 9.04. The topological polar surface area (TPSA) is 55.8 Å². The molecule has 0 spiro atoms. The van der Waals surface area contributed by atoms with Crippen LogP contribution in [-0.2, 0) is 0 Å². The van der Waals surface area contributed by atoms with Gasteiger partial charge in [-0.3, -0.25) is 0 Å². The summed E-state index contributed by atoms with van der Waals surface area (Å²) in [6.07, 6.45) is 3.77. The molecule has 0 saturated carbocycles. The molecule has 24 heavy (non-hydrogen) atoms. The minimum absolute atomic E-state index is 0.0159. The van der Waals surface area contributed by atoms with E-state index in [0.717, 1.165) is 45.3 Å². The summed E-state index contributed by atoms with van der Waals surface area (Å²) in [7, 11) is 0. The normalized spacial score (nSPS) is 22.7. The number of nitrogens with one attached hydrogen (secondary N) is 1. The summed E-state index contributed by atoms with van der Waals surface area (Å²) in [6.45, 7) is 6.25. The fourth-order valence-corrected chi connectivity index (χ4v) is 3.92. The van der Waals surface area contributed by atoms with Gasteiger partial charge in [0.2, 0.25) is 0 Å². The molecule has 2 aliphatic rings. The first-order chi connectivity index (χ1) is 11.4. The Labute approximate surface area is 144 Å². The van der Waals surface area contributed by atoms with Crippen molar-refractivity contribution in [3.05, 3.63) is 30.3 Å². The van der Waals surface area contributed by atoms with Crippen molar-refractivity contribution in [2.75, 3.05) is 24.5 Å². The Morgan fingerprint density at radius 3 is 2.42 bits per heavy atom. The largest absolute Gasteiger partial charge is 0.388 e. The van der Waals surface area contributed by atoms with E-state index in [1.807, 2.05) is 11.0 Å². The third kappa shape index (κ3) is 3.83. The molecule has 1 aromatic rings. The second-order valence-electron chi connectivity index (χ2n) is 7.55. The van der Waals surface area contributed by atoms with Crippen LogP contribution >= 0.6 is 0 Å². The Balaban J connectivity index is 1.52. The number of likely N-dealkylation sites (tertiary alicyclic amines) is 1. The van der Waals surface area contributed by atoms with Crippen molar-refractivity contribution in [1.82, 2.24) is 10.2 Å². The van der Waals surface area contributed by atoms with Crippen LogP contribution in [-0.4, -0.2) is 53.4 Å². The molecule has 0 aliphatic carbocycles. The van der Waals surface area contributed by atoms with Gasteiger partial charge in [0.1, 0.15) is 0 Å². The van der Waals surface area contributed by atoms with Crippen LogP contribution in [0.15, 0.2) is 30.3 Å². The van der Waals surface area contributed by atoms with Crippen LogP contribution in [0.25, 0.3) is 0 Å². The number of nitrogens with zero attached hydrogens (tertiary/aromatic N) is 2. The fourth-order valence-electron chi connectivity index (χ4n) is 3.92. The second-order valence-corrected chi connectivity index (χ2v) is 7.55. The number of urea groups is 1. The van der Waals surface area contributed by atoms with Crippen molar-refractivity contribution in [1.29, 1.82) is 0 Å². The van der Waals surface area contributed by atoms with Crippen molar-refractivity contribution in [3.8, 4) is 0 Å². The molecule has 5 heteroatoms. The third-order valence-corrected chi connectivity index (χ3v) is 5.27. The minimum Gasteiger partial charge on any atom is -0.388 e. The first kappa shape index (κ1) is 17.1. The van der Waals surface area contributed by atoms with E-state index in [1.54, 1.807) is 13.8 Å². The van der Waals surface area contributed by atoms with Crippen LogP contribution in [0.1, 0.15) is 39.5 Å². The summed E-state index contributed by atoms with van der Waals surface area (Å²) in [6, 6.07) is 10.6. The predicted octanol–water partition coefficient (Wildman–Crippen LogP) is 2.60. The second kappa shape index (κ2) is 7.01. The fraction of sp³-hybridized carbons (Fsp3) is 0.632. The maximum absolute atomic E-state index is 12.6. The standard InChI is InChI=1S/C19H29N3O2/c1-19(2,24)17-9-6-12-22(17)18(23)20-15-10-13-21(14-11-15)16-7-4-3-5-8-16/h3-5,7-8,15,17,24H,6,9-14H2,1-2H3,(H,20,23). The lowest BCUT2D eigenvalue weighted by Crippen LogP contribution is -2.54. The van der Waals surface area contributed by atoms with Gasteiger partial charge in [0, 0.05) is 31.4 Å². The number of hydrogen-bond donors (Lipinski definition) is 2. The highest BCUT2D eigenvalue weighted by Gasteiger charge is 2.39. The van der Waals surface area contributed by atoms with E-state index in [2.05, 4.69) is 34.5 Å². The van der Waals surface area contributed by atoms with E-state index in [0.29, 0.717) is 0 Å². The number of hydrogen-bond acceptors (Lipinski definition) is 3. The van der Waals surface area contributed by atoms with Crippen molar-refractivity contribution in [3.63, 3.8) is 0 Å². The number of piperidine rings is 1. The zero-order chi connectivity index (χ0) is 17.2. The Morgan fingerprint density at radius 2 is 1.79 bits per heavy atom. The van der Waals surface area contributed by atoms with Crippen LogP contribution in [0.4, 0.5) is 10.5 Å². The average molecular weight is 331 g/mol. The van der Waals surface area contributed by atoms with Gasteiger partial charge in [-0.05, 0) is 51.7 Å². The lowest BCUT2D eigenvalue weighted by atomic mass is 9.97. The van der Waals surface area contributed by atoms with Gasteiger partial charge in [0.25, 0.3) is 0 Å². The van der Waals surface area contributed by atoms with Gasteiger partial charge in [0.15, 0.2) is 0 Å². The van der Waals surface area contributed by atoms with Gasteiger partial charge in [-0.15, -0.1) is 0 Å². The zero-order valence-corrected chi connectivity index (χ0v) is 14.7. The first-order valence-corrected chi connectivity index (χ1v) is 9.04. The molecule has 5 nitrogen and oxygen atoms in total. The highest BCUT2D eigenvalue weighted by Crippen LogP contribution is 2.27. The molecular weight excluding hydrogens is 302 g/mol. The molecule has 132 valence electrons. The summed E-state index contributed by atoms with van der Waals surface area (Å²) in [4.78, 5) is 16.8. The number of amides is 2. The maximum Gasteiger partial charge on any atom is 0.317 e. The number of carbonyl (C=O) groups is 1. The Hall–Kier alpha value is -1.75. The van der Waals surface area contributed by atoms with Crippen LogP contribution in [0.5, 0.6) is 0 Å². The van der Waals surface area contributed by atoms with Crippen molar-refractivity contribution in [2.24, 2.45) is 0 Å². The van der Waals surface area contributed by atoms with Crippen LogP contribution in [0.3, 0.4) is 0 Å². The predicted molar refractivity (Wildman–Crippen MR) is 96.2 cm³/mol. The molecule has 2 N–H and O–H groups in total. The van der Waals surface area contributed by atoms with Gasteiger partial charge in [0.05, 0.1) is 11.6 Å². The molecule has 2 saturated heterocycles. The Bertz CT molecular complexity index is 547. The molecule has 2 aliphatic heterocycles. The molecule has 0 bridgehead atoms. The van der Waals surface area contributed by atoms with Gasteiger partial charge < -0.3 is 20.2 Å². The van der Waals surface area contributed by atoms with Crippen LogP contribution in [0, 0.1) is 0 Å². The van der Waals surface area contributed by atoms with Gasteiger partial charge in [-0.2, -0.15) is 0 Å². The molecular formula is C19H29N3O2. The molecule has 0 aromatic heterocycles. The van der Waals surface area contributed by atoms with Crippen molar-refractivity contribution >= 4 is 11.7 Å². The van der Waals surface area contributed by atoms with E-state index in [4.69, 9.17) is 0 Å². The number of benzene rings is 1. The molecule has 0 radical (unpaired) electrons. The third-order valence-electron chi connectivity index (χ3n) is 5.27. The van der Waals surface area contributed by atoms with E-state index >= 15 is 0 Å². The molecule has 1 atom stereocenters. The highest BCUT2D eigenvalue weighted by atomic mass is 16.3. The summed E-state index contributed by atoms with van der Waals surface area (Å²) < 4.78 is 0. The quantitative estimate of drug-likeness (QED) is 0.895. The number of rotatable bonds is 3. The molecule has 2 heterocycles. The number of aliphatic hydroxyl groups is 1. The lowest BCUT2D eigenvalue weighted by molar-refractivity contribution is 0.00935. The van der Waals surface area contributed by atoms with E-state index in [-0.39, 0.29) is 18.1 Å².